The fourth-order valence-corrected chi connectivity index (χ4v) is 3.30. The van der Waals surface area contributed by atoms with Crippen molar-refractivity contribution in [2.24, 2.45) is 0 Å². The molecule has 26 heavy (non-hydrogen) atoms. The van der Waals surface area contributed by atoms with Crippen LogP contribution in [0.5, 0.6) is 0 Å². The zero-order chi connectivity index (χ0) is 17.9. The first kappa shape index (κ1) is 16.5. The van der Waals surface area contributed by atoms with Crippen molar-refractivity contribution in [3.8, 4) is 0 Å². The fourth-order valence-electron chi connectivity index (χ4n) is 3.30. The number of methoxy groups -OCH3 is 1. The fraction of sp³-hybridized carbons (Fsp3) is 0.333. The van der Waals surface area contributed by atoms with Crippen LogP contribution in [0.25, 0.3) is 0 Å². The normalized spacial score (nSPS) is 19.8. The molecule has 1 aliphatic heterocycles. The molecule has 1 aromatic carbocycles. The molecule has 1 unspecified atom stereocenters. The second-order valence-electron chi connectivity index (χ2n) is 6.33. The molecule has 0 saturated carbocycles. The maximum absolute atomic E-state index is 13.0. The van der Waals surface area contributed by atoms with Crippen LogP contribution in [0.3, 0.4) is 0 Å². The number of benzene rings is 1. The first-order valence-corrected chi connectivity index (χ1v) is 8.51. The number of likely N-dealkylation sites (tertiary alicyclic amines) is 1. The van der Waals surface area contributed by atoms with Gasteiger partial charge in [-0.25, -0.2) is 9.67 Å². The number of aromatic amines is 1. The molecule has 2 aromatic heterocycles. The van der Waals surface area contributed by atoms with Gasteiger partial charge in [-0.3, -0.25) is 4.79 Å². The summed E-state index contributed by atoms with van der Waals surface area (Å²) in [5.74, 6) is 0.597. The number of rotatable bonds is 5. The Bertz CT molecular complexity index is 861. The standard InChI is InChI=1S/C18H20N6O2/c1-26-14-9-16(17-19-7-8-20-17)24(11-14)18(25)15-12-23(22-21-15)10-13-5-3-2-4-6-13/h2-8,12,14,16H,9-11H2,1H3,(H,19,20)/t14-,16?/m1/s1. The maximum Gasteiger partial charge on any atom is 0.276 e. The Hall–Kier alpha value is -3.00. The first-order valence-electron chi connectivity index (χ1n) is 8.51. The van der Waals surface area contributed by atoms with Gasteiger partial charge in [-0.2, -0.15) is 0 Å². The van der Waals surface area contributed by atoms with Crippen LogP contribution < -0.4 is 0 Å². The van der Waals surface area contributed by atoms with E-state index in [1.54, 1.807) is 35.3 Å². The molecule has 1 saturated heterocycles. The number of nitrogens with zero attached hydrogens (tertiary/aromatic N) is 5. The highest BCUT2D eigenvalue weighted by Crippen LogP contribution is 2.32. The van der Waals surface area contributed by atoms with Crippen LogP contribution in [-0.2, 0) is 11.3 Å². The molecule has 0 radical (unpaired) electrons. The third kappa shape index (κ3) is 3.23. The SMILES string of the molecule is CO[C@@H]1CC(c2ncc[nH]2)N(C(=O)c2cn(Cc3ccccc3)nn2)C1. The van der Waals surface area contributed by atoms with Crippen LogP contribution >= 0.6 is 0 Å². The minimum Gasteiger partial charge on any atom is -0.380 e. The molecule has 1 aliphatic rings. The summed E-state index contributed by atoms with van der Waals surface area (Å²) >= 11 is 0. The van der Waals surface area contributed by atoms with E-state index in [1.165, 1.54) is 0 Å². The van der Waals surface area contributed by atoms with Gasteiger partial charge >= 0.3 is 0 Å². The molecule has 0 aliphatic carbocycles. The summed E-state index contributed by atoms with van der Waals surface area (Å²) in [7, 11) is 1.66. The molecule has 134 valence electrons. The predicted molar refractivity (Wildman–Crippen MR) is 93.3 cm³/mol. The quantitative estimate of drug-likeness (QED) is 0.754. The molecule has 4 rings (SSSR count). The Kier molecular flexibility index (Phi) is 4.49. The minimum atomic E-state index is -0.162. The molecule has 0 spiro atoms. The Morgan fingerprint density at radius 1 is 1.35 bits per heavy atom. The lowest BCUT2D eigenvalue weighted by molar-refractivity contribution is 0.0679. The van der Waals surface area contributed by atoms with E-state index in [9.17, 15) is 4.79 Å². The van der Waals surface area contributed by atoms with Crippen molar-refractivity contribution in [3.63, 3.8) is 0 Å². The van der Waals surface area contributed by atoms with E-state index in [1.807, 2.05) is 30.3 Å². The molecule has 1 amide bonds. The second-order valence-corrected chi connectivity index (χ2v) is 6.33. The van der Waals surface area contributed by atoms with E-state index in [-0.39, 0.29) is 18.1 Å². The number of carbonyl (C=O) groups is 1. The average Bonchev–Trinajstić information content (AvgIpc) is 3.41. The van der Waals surface area contributed by atoms with Crippen LogP contribution in [0.1, 0.15) is 34.3 Å². The van der Waals surface area contributed by atoms with Crippen molar-refractivity contribution in [2.75, 3.05) is 13.7 Å². The van der Waals surface area contributed by atoms with Gasteiger partial charge in [0.05, 0.1) is 24.9 Å². The van der Waals surface area contributed by atoms with E-state index in [4.69, 9.17) is 4.74 Å². The van der Waals surface area contributed by atoms with Gasteiger partial charge < -0.3 is 14.6 Å². The summed E-state index contributed by atoms with van der Waals surface area (Å²) in [6, 6.07) is 9.79. The lowest BCUT2D eigenvalue weighted by Crippen LogP contribution is -2.32. The molecule has 3 aromatic rings. The second kappa shape index (κ2) is 7.09. The van der Waals surface area contributed by atoms with Crippen molar-refractivity contribution in [1.29, 1.82) is 0 Å². The number of amides is 1. The van der Waals surface area contributed by atoms with Crippen LogP contribution in [0.4, 0.5) is 0 Å². The smallest absolute Gasteiger partial charge is 0.276 e. The van der Waals surface area contributed by atoms with Gasteiger partial charge in [-0.05, 0) is 5.56 Å². The Labute approximate surface area is 150 Å². The zero-order valence-corrected chi connectivity index (χ0v) is 14.4. The summed E-state index contributed by atoms with van der Waals surface area (Å²) in [6.45, 7) is 1.08. The van der Waals surface area contributed by atoms with Gasteiger partial charge in [0.1, 0.15) is 5.82 Å². The van der Waals surface area contributed by atoms with Gasteiger partial charge in [0.15, 0.2) is 5.69 Å². The van der Waals surface area contributed by atoms with E-state index in [0.717, 1.165) is 11.4 Å². The highest BCUT2D eigenvalue weighted by atomic mass is 16.5. The highest BCUT2D eigenvalue weighted by Gasteiger charge is 2.38. The van der Waals surface area contributed by atoms with Crippen molar-refractivity contribution in [2.45, 2.75) is 25.1 Å². The molecular weight excluding hydrogens is 332 g/mol. The maximum atomic E-state index is 13.0. The highest BCUT2D eigenvalue weighted by molar-refractivity contribution is 5.92. The third-order valence-electron chi connectivity index (χ3n) is 4.64. The van der Waals surface area contributed by atoms with Crippen LogP contribution in [-0.4, -0.2) is 55.5 Å². The number of ether oxygens (including phenoxy) is 1. The number of carbonyl (C=O) groups excluding carboxylic acids is 1. The monoisotopic (exact) mass is 352 g/mol. The zero-order valence-electron chi connectivity index (χ0n) is 14.4. The summed E-state index contributed by atoms with van der Waals surface area (Å²) < 4.78 is 7.14. The number of hydrogen-bond acceptors (Lipinski definition) is 5. The number of hydrogen-bond donors (Lipinski definition) is 1. The number of nitrogens with one attached hydrogen (secondary N) is 1. The van der Waals surface area contributed by atoms with Gasteiger partial charge in [-0.15, -0.1) is 5.10 Å². The molecular formula is C18H20N6O2. The number of aromatic nitrogens is 5. The number of imidazole rings is 1. The van der Waals surface area contributed by atoms with Crippen molar-refractivity contribution in [1.82, 2.24) is 29.9 Å². The van der Waals surface area contributed by atoms with Gasteiger partial charge in [-0.1, -0.05) is 35.5 Å². The topological polar surface area (TPSA) is 88.9 Å². The molecule has 2 atom stereocenters. The average molecular weight is 352 g/mol. The van der Waals surface area contributed by atoms with E-state index in [2.05, 4.69) is 20.3 Å². The number of H-pyrrole nitrogens is 1. The van der Waals surface area contributed by atoms with Crippen LogP contribution in [0, 0.1) is 0 Å². The van der Waals surface area contributed by atoms with E-state index >= 15 is 0 Å². The van der Waals surface area contributed by atoms with Crippen LogP contribution in [0.2, 0.25) is 0 Å². The largest absolute Gasteiger partial charge is 0.380 e. The molecule has 3 heterocycles. The Morgan fingerprint density at radius 2 is 2.19 bits per heavy atom. The lowest BCUT2D eigenvalue weighted by atomic mass is 10.2. The van der Waals surface area contributed by atoms with Crippen LogP contribution in [0.15, 0.2) is 48.9 Å². The van der Waals surface area contributed by atoms with Gasteiger partial charge in [0.2, 0.25) is 0 Å². The van der Waals surface area contributed by atoms with Crippen molar-refractivity contribution >= 4 is 5.91 Å². The van der Waals surface area contributed by atoms with E-state index < -0.39 is 0 Å². The lowest BCUT2D eigenvalue weighted by Gasteiger charge is -2.21. The minimum absolute atomic E-state index is 0.0200. The van der Waals surface area contributed by atoms with Crippen molar-refractivity contribution in [3.05, 3.63) is 66.0 Å². The third-order valence-corrected chi connectivity index (χ3v) is 4.64. The van der Waals surface area contributed by atoms with Gasteiger partial charge in [0, 0.05) is 32.5 Å². The van der Waals surface area contributed by atoms with E-state index in [0.29, 0.717) is 25.2 Å². The molecule has 8 nitrogen and oxygen atoms in total. The summed E-state index contributed by atoms with van der Waals surface area (Å²) in [5.41, 5.74) is 1.43. The predicted octanol–water partition coefficient (Wildman–Crippen LogP) is 1.65. The summed E-state index contributed by atoms with van der Waals surface area (Å²) in [4.78, 5) is 22.2. The first-order chi connectivity index (χ1) is 12.7. The molecule has 8 heteroatoms. The molecule has 1 fully saturated rings. The molecule has 0 bridgehead atoms. The van der Waals surface area contributed by atoms with Crippen molar-refractivity contribution < 1.29 is 9.53 Å². The Balaban J connectivity index is 1.53. The summed E-state index contributed by atoms with van der Waals surface area (Å²) in [6.07, 6.45) is 5.82. The Morgan fingerprint density at radius 3 is 2.92 bits per heavy atom. The van der Waals surface area contributed by atoms with Gasteiger partial charge in [0.25, 0.3) is 5.91 Å². The summed E-state index contributed by atoms with van der Waals surface area (Å²) in [5, 5.41) is 8.17. The molecule has 1 N–H and O–H groups in total.